The van der Waals surface area contributed by atoms with Crippen molar-refractivity contribution in [1.29, 1.82) is 0 Å². The van der Waals surface area contributed by atoms with Crippen LogP contribution in [0.2, 0.25) is 5.02 Å². The average molecular weight is 414 g/mol. The highest BCUT2D eigenvalue weighted by Gasteiger charge is 2.32. The second-order valence-electron chi connectivity index (χ2n) is 6.05. The Bertz CT molecular complexity index is 857. The van der Waals surface area contributed by atoms with Crippen LogP contribution in [0.4, 0.5) is 29.3 Å². The minimum atomic E-state index is -4.78. The summed E-state index contributed by atoms with van der Waals surface area (Å²) in [6.45, 7) is 0.298. The largest absolute Gasteiger partial charge is 0.573 e. The van der Waals surface area contributed by atoms with Crippen LogP contribution in [-0.4, -0.2) is 30.9 Å². The van der Waals surface area contributed by atoms with Crippen LogP contribution < -0.4 is 20.3 Å². The molecule has 0 unspecified atom stereocenters. The van der Waals surface area contributed by atoms with Gasteiger partial charge >= 0.3 is 12.4 Å². The van der Waals surface area contributed by atoms with E-state index in [1.54, 1.807) is 29.2 Å². The van der Waals surface area contributed by atoms with Gasteiger partial charge in [-0.05, 0) is 48.5 Å². The second-order valence-corrected chi connectivity index (χ2v) is 6.49. The van der Waals surface area contributed by atoms with Gasteiger partial charge in [-0.3, -0.25) is 4.79 Å². The van der Waals surface area contributed by atoms with Crippen molar-refractivity contribution in [3.8, 4) is 5.75 Å². The van der Waals surface area contributed by atoms with Crippen molar-refractivity contribution in [1.82, 2.24) is 5.32 Å². The molecule has 10 heteroatoms. The molecule has 3 amide bonds. The number of benzene rings is 2. The maximum atomic E-state index is 12.2. The van der Waals surface area contributed by atoms with E-state index in [-0.39, 0.29) is 18.0 Å². The number of anilines is 2. The second kappa shape index (κ2) is 7.97. The highest BCUT2D eigenvalue weighted by Crippen LogP contribution is 2.25. The Morgan fingerprint density at radius 2 is 1.75 bits per heavy atom. The summed E-state index contributed by atoms with van der Waals surface area (Å²) in [5.74, 6) is -0.528. The molecule has 0 spiro atoms. The molecule has 3 rings (SSSR count). The standard InChI is InChI=1S/C18H15ClF3N3O3/c19-11-1-5-14(6-2-11)25-10-13(9-16(25)26)24-17(27)23-12-3-7-15(8-4-12)28-18(20,21)22/h1-8,13H,9-10H2,(H2,23,24,27)/t13-/m0/s1. The smallest absolute Gasteiger partial charge is 0.406 e. The number of hydrogen-bond donors (Lipinski definition) is 2. The van der Waals surface area contributed by atoms with E-state index >= 15 is 0 Å². The van der Waals surface area contributed by atoms with Gasteiger partial charge in [0.1, 0.15) is 5.75 Å². The molecule has 0 bridgehead atoms. The zero-order valence-corrected chi connectivity index (χ0v) is 15.1. The number of alkyl halides is 3. The lowest BCUT2D eigenvalue weighted by Gasteiger charge is -2.17. The minimum Gasteiger partial charge on any atom is -0.406 e. The SMILES string of the molecule is O=C(Nc1ccc(OC(F)(F)F)cc1)N[C@H]1CC(=O)N(c2ccc(Cl)cc2)C1. The van der Waals surface area contributed by atoms with Crippen LogP contribution in [0.25, 0.3) is 0 Å². The van der Waals surface area contributed by atoms with Gasteiger partial charge in [0.25, 0.3) is 0 Å². The number of nitrogens with one attached hydrogen (secondary N) is 2. The van der Waals surface area contributed by atoms with Gasteiger partial charge in [-0.15, -0.1) is 13.2 Å². The number of rotatable bonds is 4. The molecule has 0 aliphatic carbocycles. The Morgan fingerprint density at radius 1 is 1.11 bits per heavy atom. The van der Waals surface area contributed by atoms with Crippen molar-refractivity contribution in [2.45, 2.75) is 18.8 Å². The average Bonchev–Trinajstić information content (AvgIpc) is 2.96. The summed E-state index contributed by atoms with van der Waals surface area (Å²) in [4.78, 5) is 25.8. The molecule has 0 aromatic heterocycles. The maximum absolute atomic E-state index is 12.2. The van der Waals surface area contributed by atoms with Crippen molar-refractivity contribution in [2.24, 2.45) is 0 Å². The number of nitrogens with zero attached hydrogens (tertiary/aromatic N) is 1. The Kier molecular flexibility index (Phi) is 5.64. The molecular weight excluding hydrogens is 399 g/mol. The number of urea groups is 1. The van der Waals surface area contributed by atoms with Crippen LogP contribution in [0.1, 0.15) is 6.42 Å². The zero-order valence-electron chi connectivity index (χ0n) is 14.3. The Balaban J connectivity index is 1.54. The van der Waals surface area contributed by atoms with E-state index in [2.05, 4.69) is 15.4 Å². The van der Waals surface area contributed by atoms with Gasteiger partial charge < -0.3 is 20.3 Å². The predicted octanol–water partition coefficient (Wildman–Crippen LogP) is 4.17. The lowest BCUT2D eigenvalue weighted by atomic mass is 10.2. The lowest BCUT2D eigenvalue weighted by molar-refractivity contribution is -0.274. The van der Waals surface area contributed by atoms with Crippen LogP contribution in [0.5, 0.6) is 5.75 Å². The molecular formula is C18H15ClF3N3O3. The molecule has 2 N–H and O–H groups in total. The van der Waals surface area contributed by atoms with Gasteiger partial charge in [-0.25, -0.2) is 4.79 Å². The minimum absolute atomic E-state index is 0.133. The summed E-state index contributed by atoms with van der Waals surface area (Å²) in [5.41, 5.74) is 0.963. The fourth-order valence-corrected chi connectivity index (χ4v) is 2.89. The topological polar surface area (TPSA) is 70.7 Å². The van der Waals surface area contributed by atoms with Gasteiger partial charge in [0.2, 0.25) is 5.91 Å². The van der Waals surface area contributed by atoms with Crippen LogP contribution in [0, 0.1) is 0 Å². The molecule has 0 saturated carbocycles. The normalized spacial score (nSPS) is 16.8. The first-order chi connectivity index (χ1) is 13.2. The molecule has 148 valence electrons. The van der Waals surface area contributed by atoms with E-state index in [9.17, 15) is 22.8 Å². The van der Waals surface area contributed by atoms with Gasteiger partial charge in [-0.2, -0.15) is 0 Å². The number of halogens is 4. The summed E-state index contributed by atoms with van der Waals surface area (Å²) >= 11 is 5.84. The molecule has 1 saturated heterocycles. The first-order valence-electron chi connectivity index (χ1n) is 8.19. The van der Waals surface area contributed by atoms with Gasteiger partial charge in [0.15, 0.2) is 0 Å². The highest BCUT2D eigenvalue weighted by atomic mass is 35.5. The number of carbonyl (C=O) groups is 2. The van der Waals surface area contributed by atoms with Crippen LogP contribution in [0.3, 0.4) is 0 Å². The number of amides is 3. The third kappa shape index (κ3) is 5.29. The highest BCUT2D eigenvalue weighted by molar-refractivity contribution is 6.30. The molecule has 1 aliphatic rings. The first-order valence-corrected chi connectivity index (χ1v) is 8.57. The van der Waals surface area contributed by atoms with Crippen LogP contribution in [-0.2, 0) is 4.79 Å². The fourth-order valence-electron chi connectivity index (χ4n) is 2.77. The fraction of sp³-hybridized carbons (Fsp3) is 0.222. The van der Waals surface area contributed by atoms with Crippen LogP contribution >= 0.6 is 11.6 Å². The van der Waals surface area contributed by atoms with Crippen molar-refractivity contribution in [2.75, 3.05) is 16.8 Å². The van der Waals surface area contributed by atoms with Gasteiger partial charge in [0, 0.05) is 29.4 Å². The summed E-state index contributed by atoms with van der Waals surface area (Å²) < 4.78 is 40.2. The van der Waals surface area contributed by atoms with Crippen molar-refractivity contribution < 1.29 is 27.5 Å². The maximum Gasteiger partial charge on any atom is 0.573 e. The van der Waals surface area contributed by atoms with E-state index in [0.717, 1.165) is 12.1 Å². The third-order valence-corrected chi connectivity index (χ3v) is 4.20. The van der Waals surface area contributed by atoms with E-state index in [1.165, 1.54) is 12.1 Å². The molecule has 2 aromatic carbocycles. The van der Waals surface area contributed by atoms with Crippen molar-refractivity contribution in [3.05, 3.63) is 53.6 Å². The van der Waals surface area contributed by atoms with Gasteiger partial charge in [-0.1, -0.05) is 11.6 Å². The quantitative estimate of drug-likeness (QED) is 0.790. The number of ether oxygens (including phenoxy) is 1. The summed E-state index contributed by atoms with van der Waals surface area (Å²) in [6, 6.07) is 10.5. The summed E-state index contributed by atoms with van der Waals surface area (Å²) in [6.07, 6.45) is -4.65. The summed E-state index contributed by atoms with van der Waals surface area (Å²) in [7, 11) is 0. The monoisotopic (exact) mass is 413 g/mol. The van der Waals surface area contributed by atoms with E-state index in [0.29, 0.717) is 17.3 Å². The molecule has 2 aromatic rings. The lowest BCUT2D eigenvalue weighted by Crippen LogP contribution is -2.39. The molecule has 1 fully saturated rings. The molecule has 1 aliphatic heterocycles. The number of hydrogen-bond acceptors (Lipinski definition) is 3. The summed E-state index contributed by atoms with van der Waals surface area (Å²) in [5, 5.41) is 5.73. The van der Waals surface area contributed by atoms with Crippen LogP contribution in [0.15, 0.2) is 48.5 Å². The zero-order chi connectivity index (χ0) is 20.3. The molecule has 1 heterocycles. The molecule has 1 atom stereocenters. The van der Waals surface area contributed by atoms with Crippen molar-refractivity contribution >= 4 is 34.9 Å². The Labute approximate surface area is 163 Å². The Morgan fingerprint density at radius 3 is 2.36 bits per heavy atom. The molecule has 28 heavy (non-hydrogen) atoms. The molecule has 6 nitrogen and oxygen atoms in total. The number of carbonyl (C=O) groups excluding carboxylic acids is 2. The van der Waals surface area contributed by atoms with E-state index < -0.39 is 24.2 Å². The predicted molar refractivity (Wildman–Crippen MR) is 97.5 cm³/mol. The molecule has 0 radical (unpaired) electrons. The van der Waals surface area contributed by atoms with Crippen molar-refractivity contribution in [3.63, 3.8) is 0 Å². The third-order valence-electron chi connectivity index (χ3n) is 3.94. The Hall–Kier alpha value is -2.94. The van der Waals surface area contributed by atoms with Gasteiger partial charge in [0.05, 0.1) is 6.04 Å². The first kappa shape index (κ1) is 19.8. The van der Waals surface area contributed by atoms with E-state index in [1.807, 2.05) is 0 Å². The van der Waals surface area contributed by atoms with E-state index in [4.69, 9.17) is 11.6 Å².